The fraction of sp³-hybridized carbons (Fsp3) is 0.0323. The Balaban J connectivity index is 1.45. The molecular formula is C31H20ClN3O. The zero-order valence-electron chi connectivity index (χ0n) is 19.2. The van der Waals surface area contributed by atoms with E-state index >= 15 is 0 Å². The van der Waals surface area contributed by atoms with Crippen molar-refractivity contribution in [3.05, 3.63) is 131 Å². The third-order valence-electron chi connectivity index (χ3n) is 6.60. The predicted molar refractivity (Wildman–Crippen MR) is 148 cm³/mol. The Labute approximate surface area is 212 Å². The number of nitrogens with one attached hydrogen (secondary N) is 1. The first kappa shape index (κ1) is 20.9. The Morgan fingerprint density at radius 1 is 0.667 bits per heavy atom. The van der Waals surface area contributed by atoms with Crippen LogP contribution in [-0.4, -0.2) is 11.7 Å². The number of furan rings is 1. The van der Waals surface area contributed by atoms with Crippen molar-refractivity contribution in [1.82, 2.24) is 5.32 Å². The first-order chi connectivity index (χ1) is 17.7. The molecule has 0 bridgehead atoms. The van der Waals surface area contributed by atoms with Crippen LogP contribution in [0.15, 0.2) is 124 Å². The number of fused-ring (bicyclic) bond motifs is 4. The second-order valence-corrected chi connectivity index (χ2v) is 9.23. The molecule has 6 aromatic rings. The molecule has 1 aliphatic rings. The van der Waals surface area contributed by atoms with Crippen LogP contribution in [0, 0.1) is 0 Å². The van der Waals surface area contributed by atoms with Crippen molar-refractivity contribution in [2.45, 2.75) is 6.17 Å². The van der Waals surface area contributed by atoms with Gasteiger partial charge in [-0.05, 0) is 29.0 Å². The van der Waals surface area contributed by atoms with Crippen LogP contribution in [0.1, 0.15) is 22.9 Å². The summed E-state index contributed by atoms with van der Waals surface area (Å²) in [5, 5.41) is 8.37. The molecule has 2 heterocycles. The van der Waals surface area contributed by atoms with Gasteiger partial charge in [0.2, 0.25) is 0 Å². The van der Waals surface area contributed by atoms with Crippen LogP contribution in [0.3, 0.4) is 0 Å². The minimum absolute atomic E-state index is 0.469. The van der Waals surface area contributed by atoms with E-state index in [9.17, 15) is 0 Å². The lowest BCUT2D eigenvalue weighted by Gasteiger charge is -2.23. The van der Waals surface area contributed by atoms with Crippen LogP contribution in [0.4, 0.5) is 0 Å². The first-order valence-corrected chi connectivity index (χ1v) is 12.2. The van der Waals surface area contributed by atoms with Gasteiger partial charge in [-0.25, -0.2) is 9.98 Å². The van der Waals surface area contributed by atoms with E-state index in [1.807, 2.05) is 48.5 Å². The van der Waals surface area contributed by atoms with Gasteiger partial charge in [0.15, 0.2) is 11.7 Å². The molecule has 4 nitrogen and oxygen atoms in total. The number of para-hydroxylation sites is 1. The average molecular weight is 486 g/mol. The summed E-state index contributed by atoms with van der Waals surface area (Å²) in [6.07, 6.45) is -0.469. The van der Waals surface area contributed by atoms with E-state index in [0.717, 1.165) is 50.1 Å². The third kappa shape index (κ3) is 3.46. The summed E-state index contributed by atoms with van der Waals surface area (Å²) in [5.41, 5.74) is 4.41. The maximum Gasteiger partial charge on any atom is 0.170 e. The highest BCUT2D eigenvalue weighted by Gasteiger charge is 2.25. The van der Waals surface area contributed by atoms with Crippen molar-refractivity contribution in [1.29, 1.82) is 0 Å². The molecule has 172 valence electrons. The molecule has 0 amide bonds. The van der Waals surface area contributed by atoms with Crippen molar-refractivity contribution in [2.75, 3.05) is 0 Å². The van der Waals surface area contributed by atoms with Crippen LogP contribution in [-0.2, 0) is 0 Å². The van der Waals surface area contributed by atoms with Crippen molar-refractivity contribution in [2.24, 2.45) is 9.98 Å². The Hall–Kier alpha value is -4.41. The summed E-state index contributed by atoms with van der Waals surface area (Å²) in [6, 6.07) is 36.7. The van der Waals surface area contributed by atoms with Crippen LogP contribution < -0.4 is 5.32 Å². The van der Waals surface area contributed by atoms with E-state index < -0.39 is 6.17 Å². The number of hydrogen-bond acceptors (Lipinski definition) is 4. The molecule has 1 N–H and O–H groups in total. The number of halogens is 1. The van der Waals surface area contributed by atoms with E-state index in [-0.39, 0.29) is 0 Å². The van der Waals surface area contributed by atoms with Crippen molar-refractivity contribution >= 4 is 56.0 Å². The van der Waals surface area contributed by atoms with E-state index in [2.05, 4.69) is 66.0 Å². The maximum atomic E-state index is 6.57. The Bertz CT molecular complexity index is 1840. The predicted octanol–water partition coefficient (Wildman–Crippen LogP) is 7.89. The molecule has 0 spiro atoms. The SMILES string of the molecule is Clc1ccc(C2N=C(c3ccccc3)NC(c3ccc4ccccc4c3)=N2)c2c1oc1ccccc12. The molecule has 5 heteroatoms. The zero-order valence-corrected chi connectivity index (χ0v) is 19.9. The normalized spacial score (nSPS) is 15.6. The quantitative estimate of drug-likeness (QED) is 0.277. The first-order valence-electron chi connectivity index (χ1n) is 11.8. The molecular weight excluding hydrogens is 466 g/mol. The minimum Gasteiger partial charge on any atom is -0.454 e. The Morgan fingerprint density at radius 3 is 2.25 bits per heavy atom. The minimum atomic E-state index is -0.469. The number of aliphatic imine (C=N–C) groups is 2. The van der Waals surface area contributed by atoms with Crippen LogP contribution in [0.2, 0.25) is 5.02 Å². The number of rotatable bonds is 3. The molecule has 36 heavy (non-hydrogen) atoms. The van der Waals surface area contributed by atoms with E-state index in [1.165, 1.54) is 5.39 Å². The fourth-order valence-electron chi connectivity index (χ4n) is 4.85. The van der Waals surface area contributed by atoms with Crippen LogP contribution in [0.25, 0.3) is 32.7 Å². The average Bonchev–Trinajstić information content (AvgIpc) is 3.34. The lowest BCUT2D eigenvalue weighted by molar-refractivity contribution is 0.668. The molecule has 7 rings (SSSR count). The number of hydrogen-bond donors (Lipinski definition) is 1. The van der Waals surface area contributed by atoms with Gasteiger partial charge < -0.3 is 9.73 Å². The van der Waals surface area contributed by atoms with Crippen LogP contribution in [0.5, 0.6) is 0 Å². The largest absolute Gasteiger partial charge is 0.454 e. The number of nitrogens with zero attached hydrogens (tertiary/aromatic N) is 2. The lowest BCUT2D eigenvalue weighted by Crippen LogP contribution is -2.36. The second kappa shape index (κ2) is 8.36. The van der Waals surface area contributed by atoms with Gasteiger partial charge in [-0.3, -0.25) is 0 Å². The molecule has 0 saturated heterocycles. The molecule has 1 atom stereocenters. The molecule has 1 unspecified atom stereocenters. The van der Waals surface area contributed by atoms with Crippen LogP contribution >= 0.6 is 11.6 Å². The maximum absolute atomic E-state index is 6.57. The summed E-state index contributed by atoms with van der Waals surface area (Å²) in [5.74, 6) is 1.55. The van der Waals surface area contributed by atoms with Crippen molar-refractivity contribution < 1.29 is 4.42 Å². The molecule has 0 aliphatic carbocycles. The van der Waals surface area contributed by atoms with Gasteiger partial charge >= 0.3 is 0 Å². The highest BCUT2D eigenvalue weighted by Crippen LogP contribution is 2.40. The van der Waals surface area contributed by atoms with Crippen molar-refractivity contribution in [3.63, 3.8) is 0 Å². The van der Waals surface area contributed by atoms with Gasteiger partial charge in [0, 0.05) is 27.5 Å². The molecule has 0 saturated carbocycles. The summed E-state index contributed by atoms with van der Waals surface area (Å²) in [7, 11) is 0. The number of amidine groups is 2. The standard InChI is InChI=1S/C31H20ClN3O/c32-25-17-16-24(27-23-12-6-7-13-26(23)36-28(25)27)31-34-29(20-9-2-1-3-10-20)33-30(35-31)22-15-14-19-8-4-5-11-21(19)18-22/h1-18,31H,(H,33,34,35). The lowest BCUT2D eigenvalue weighted by atomic mass is 10.0. The van der Waals surface area contributed by atoms with Gasteiger partial charge in [-0.15, -0.1) is 0 Å². The van der Waals surface area contributed by atoms with Gasteiger partial charge in [0.05, 0.1) is 5.02 Å². The summed E-state index contributed by atoms with van der Waals surface area (Å²) in [4.78, 5) is 10.2. The fourth-order valence-corrected chi connectivity index (χ4v) is 5.05. The van der Waals surface area contributed by atoms with E-state index in [0.29, 0.717) is 10.6 Å². The zero-order chi connectivity index (χ0) is 24.1. The number of benzene rings is 5. The van der Waals surface area contributed by atoms with Gasteiger partial charge in [-0.1, -0.05) is 103 Å². The van der Waals surface area contributed by atoms with Gasteiger partial charge in [0.25, 0.3) is 0 Å². The summed E-state index contributed by atoms with van der Waals surface area (Å²) in [6.45, 7) is 0. The second-order valence-electron chi connectivity index (χ2n) is 8.82. The smallest absolute Gasteiger partial charge is 0.170 e. The topological polar surface area (TPSA) is 49.9 Å². The van der Waals surface area contributed by atoms with Gasteiger partial charge in [0.1, 0.15) is 17.3 Å². The molecule has 1 aromatic heterocycles. The van der Waals surface area contributed by atoms with E-state index in [4.69, 9.17) is 26.0 Å². The third-order valence-corrected chi connectivity index (χ3v) is 6.90. The summed E-state index contributed by atoms with van der Waals surface area (Å²) < 4.78 is 6.14. The molecule has 0 radical (unpaired) electrons. The molecule has 5 aromatic carbocycles. The summed E-state index contributed by atoms with van der Waals surface area (Å²) >= 11 is 6.57. The Morgan fingerprint density at radius 2 is 1.39 bits per heavy atom. The molecule has 0 fully saturated rings. The van der Waals surface area contributed by atoms with E-state index in [1.54, 1.807) is 0 Å². The monoisotopic (exact) mass is 485 g/mol. The molecule has 1 aliphatic heterocycles. The highest BCUT2D eigenvalue weighted by atomic mass is 35.5. The van der Waals surface area contributed by atoms with Crippen molar-refractivity contribution in [3.8, 4) is 0 Å². The van der Waals surface area contributed by atoms with Gasteiger partial charge in [-0.2, -0.15) is 0 Å². The Kier molecular flexibility index (Phi) is 4.86. The highest BCUT2D eigenvalue weighted by molar-refractivity contribution is 6.36.